The summed E-state index contributed by atoms with van der Waals surface area (Å²) in [4.78, 5) is 11.8. The molecule has 0 spiro atoms. The standard InChI is InChI=1S/C15H13FN2O2/c1-10(13-9-12(16)7-8-14(13)19)17-18-15(20)11-5-3-2-4-6-11/h2-9,19H,1H3,(H,18,20)/b17-10+. The van der Waals surface area contributed by atoms with Gasteiger partial charge in [0, 0.05) is 11.1 Å². The average molecular weight is 272 g/mol. The lowest BCUT2D eigenvalue weighted by Crippen LogP contribution is -2.19. The summed E-state index contributed by atoms with van der Waals surface area (Å²) in [5, 5.41) is 13.5. The highest BCUT2D eigenvalue weighted by molar-refractivity contribution is 6.02. The number of aromatic hydroxyl groups is 1. The van der Waals surface area contributed by atoms with Crippen molar-refractivity contribution in [1.82, 2.24) is 5.43 Å². The van der Waals surface area contributed by atoms with Crippen LogP contribution in [-0.4, -0.2) is 16.7 Å². The van der Waals surface area contributed by atoms with Crippen molar-refractivity contribution in [2.75, 3.05) is 0 Å². The van der Waals surface area contributed by atoms with Gasteiger partial charge in [-0.3, -0.25) is 4.79 Å². The molecule has 2 rings (SSSR count). The van der Waals surface area contributed by atoms with Gasteiger partial charge in [-0.2, -0.15) is 5.10 Å². The number of benzene rings is 2. The van der Waals surface area contributed by atoms with Crippen LogP contribution in [0.5, 0.6) is 5.75 Å². The number of halogens is 1. The van der Waals surface area contributed by atoms with E-state index in [9.17, 15) is 14.3 Å². The molecule has 0 aliphatic rings. The number of phenols is 1. The van der Waals surface area contributed by atoms with E-state index in [0.717, 1.165) is 12.1 Å². The molecule has 0 unspecified atom stereocenters. The fourth-order valence-electron chi connectivity index (χ4n) is 1.65. The number of carbonyl (C=O) groups is 1. The number of rotatable bonds is 3. The van der Waals surface area contributed by atoms with Gasteiger partial charge in [0.1, 0.15) is 11.6 Å². The Morgan fingerprint density at radius 2 is 1.90 bits per heavy atom. The summed E-state index contributed by atoms with van der Waals surface area (Å²) in [5.41, 5.74) is 3.37. The van der Waals surface area contributed by atoms with Crippen LogP contribution >= 0.6 is 0 Å². The highest BCUT2D eigenvalue weighted by atomic mass is 19.1. The van der Waals surface area contributed by atoms with Gasteiger partial charge in [-0.05, 0) is 37.3 Å². The second-order valence-electron chi connectivity index (χ2n) is 4.17. The third-order valence-electron chi connectivity index (χ3n) is 2.71. The molecular weight excluding hydrogens is 259 g/mol. The maximum Gasteiger partial charge on any atom is 0.271 e. The number of hydrogen-bond acceptors (Lipinski definition) is 3. The molecule has 0 aromatic heterocycles. The fraction of sp³-hybridized carbons (Fsp3) is 0.0667. The van der Waals surface area contributed by atoms with E-state index in [1.54, 1.807) is 37.3 Å². The monoisotopic (exact) mass is 272 g/mol. The first-order valence-electron chi connectivity index (χ1n) is 5.96. The summed E-state index contributed by atoms with van der Waals surface area (Å²) in [6.45, 7) is 1.57. The summed E-state index contributed by atoms with van der Waals surface area (Å²) >= 11 is 0. The van der Waals surface area contributed by atoms with Crippen molar-refractivity contribution in [3.8, 4) is 5.75 Å². The lowest BCUT2D eigenvalue weighted by Gasteiger charge is -2.05. The largest absolute Gasteiger partial charge is 0.507 e. The third kappa shape index (κ3) is 3.20. The Kier molecular flexibility index (Phi) is 4.10. The van der Waals surface area contributed by atoms with E-state index in [2.05, 4.69) is 10.5 Å². The van der Waals surface area contributed by atoms with Crippen LogP contribution in [0.3, 0.4) is 0 Å². The summed E-state index contributed by atoms with van der Waals surface area (Å²) in [7, 11) is 0. The van der Waals surface area contributed by atoms with Gasteiger partial charge >= 0.3 is 0 Å². The van der Waals surface area contributed by atoms with Gasteiger partial charge in [-0.25, -0.2) is 9.82 Å². The van der Waals surface area contributed by atoms with Crippen LogP contribution in [0.2, 0.25) is 0 Å². The summed E-state index contributed by atoms with van der Waals surface area (Å²) in [6.07, 6.45) is 0. The highest BCUT2D eigenvalue weighted by Crippen LogP contribution is 2.18. The number of phenolic OH excluding ortho intramolecular Hbond substituents is 1. The van der Waals surface area contributed by atoms with Gasteiger partial charge < -0.3 is 5.11 Å². The molecular formula is C15H13FN2O2. The van der Waals surface area contributed by atoms with Crippen molar-refractivity contribution >= 4 is 11.6 Å². The van der Waals surface area contributed by atoms with Crippen LogP contribution in [0.4, 0.5) is 4.39 Å². The Morgan fingerprint density at radius 3 is 2.60 bits per heavy atom. The molecule has 0 aliphatic carbocycles. The Morgan fingerprint density at radius 1 is 1.20 bits per heavy atom. The molecule has 0 saturated heterocycles. The van der Waals surface area contributed by atoms with Gasteiger partial charge in [0.25, 0.3) is 5.91 Å². The van der Waals surface area contributed by atoms with Gasteiger partial charge in [-0.1, -0.05) is 18.2 Å². The first-order chi connectivity index (χ1) is 9.58. The smallest absolute Gasteiger partial charge is 0.271 e. The molecule has 0 radical (unpaired) electrons. The zero-order chi connectivity index (χ0) is 14.5. The molecule has 0 aliphatic heterocycles. The predicted molar refractivity (Wildman–Crippen MR) is 74.2 cm³/mol. The number of amides is 1. The van der Waals surface area contributed by atoms with Gasteiger partial charge in [0.2, 0.25) is 0 Å². The fourth-order valence-corrected chi connectivity index (χ4v) is 1.65. The molecule has 20 heavy (non-hydrogen) atoms. The van der Waals surface area contributed by atoms with Crippen LogP contribution < -0.4 is 5.43 Å². The van der Waals surface area contributed by atoms with E-state index in [1.807, 2.05) is 0 Å². The average Bonchev–Trinajstić information content (AvgIpc) is 2.47. The van der Waals surface area contributed by atoms with Gasteiger partial charge in [0.05, 0.1) is 5.71 Å². The highest BCUT2D eigenvalue weighted by Gasteiger charge is 2.08. The minimum Gasteiger partial charge on any atom is -0.507 e. The van der Waals surface area contributed by atoms with Crippen molar-refractivity contribution < 1.29 is 14.3 Å². The molecule has 0 saturated carbocycles. The molecule has 0 bridgehead atoms. The second-order valence-corrected chi connectivity index (χ2v) is 4.17. The SMILES string of the molecule is C/C(=N\NC(=O)c1ccccc1)c1cc(F)ccc1O. The number of carbonyl (C=O) groups excluding carboxylic acids is 1. The van der Waals surface area contributed by atoms with Crippen LogP contribution in [0, 0.1) is 5.82 Å². The van der Waals surface area contributed by atoms with Crippen LogP contribution in [0.1, 0.15) is 22.8 Å². The van der Waals surface area contributed by atoms with Crippen molar-refractivity contribution in [3.63, 3.8) is 0 Å². The normalized spacial score (nSPS) is 11.2. The molecule has 0 fully saturated rings. The van der Waals surface area contributed by atoms with Crippen molar-refractivity contribution in [2.24, 2.45) is 5.10 Å². The van der Waals surface area contributed by atoms with Crippen LogP contribution in [0.15, 0.2) is 53.6 Å². The number of hydrazone groups is 1. The quantitative estimate of drug-likeness (QED) is 0.666. The Bertz CT molecular complexity index is 654. The molecule has 1 amide bonds. The zero-order valence-electron chi connectivity index (χ0n) is 10.8. The summed E-state index contributed by atoms with van der Waals surface area (Å²) in [6, 6.07) is 12.1. The molecule has 5 heteroatoms. The minimum absolute atomic E-state index is 0.0957. The number of nitrogens with zero attached hydrogens (tertiary/aromatic N) is 1. The molecule has 102 valence electrons. The van der Waals surface area contributed by atoms with Crippen molar-refractivity contribution in [1.29, 1.82) is 0 Å². The Labute approximate surface area is 115 Å². The number of nitrogens with one attached hydrogen (secondary N) is 1. The van der Waals surface area contributed by atoms with Gasteiger partial charge in [0.15, 0.2) is 0 Å². The van der Waals surface area contributed by atoms with E-state index < -0.39 is 5.82 Å². The lowest BCUT2D eigenvalue weighted by molar-refractivity contribution is 0.0955. The molecule has 0 heterocycles. The maximum absolute atomic E-state index is 13.1. The van der Waals surface area contributed by atoms with Crippen molar-refractivity contribution in [2.45, 2.75) is 6.92 Å². The second kappa shape index (κ2) is 5.97. The lowest BCUT2D eigenvalue weighted by atomic mass is 10.1. The maximum atomic E-state index is 13.1. The van der Waals surface area contributed by atoms with E-state index in [0.29, 0.717) is 11.3 Å². The summed E-state index contributed by atoms with van der Waals surface area (Å²) in [5.74, 6) is -0.954. The zero-order valence-corrected chi connectivity index (χ0v) is 10.8. The Balaban J connectivity index is 2.15. The number of hydrogen-bond donors (Lipinski definition) is 2. The topological polar surface area (TPSA) is 61.7 Å². The molecule has 2 N–H and O–H groups in total. The predicted octanol–water partition coefficient (Wildman–Crippen LogP) is 2.69. The third-order valence-corrected chi connectivity index (χ3v) is 2.71. The molecule has 2 aromatic carbocycles. The first kappa shape index (κ1) is 13.7. The Hall–Kier alpha value is -2.69. The molecule has 4 nitrogen and oxygen atoms in total. The minimum atomic E-state index is -0.485. The van der Waals surface area contributed by atoms with E-state index in [1.165, 1.54) is 6.07 Å². The van der Waals surface area contributed by atoms with E-state index in [-0.39, 0.29) is 17.2 Å². The van der Waals surface area contributed by atoms with E-state index in [4.69, 9.17) is 0 Å². The van der Waals surface area contributed by atoms with Crippen LogP contribution in [0.25, 0.3) is 0 Å². The van der Waals surface area contributed by atoms with Crippen molar-refractivity contribution in [3.05, 3.63) is 65.5 Å². The van der Waals surface area contributed by atoms with Gasteiger partial charge in [-0.15, -0.1) is 0 Å². The summed E-state index contributed by atoms with van der Waals surface area (Å²) < 4.78 is 13.1. The molecule has 0 atom stereocenters. The van der Waals surface area contributed by atoms with Crippen LogP contribution in [-0.2, 0) is 0 Å². The van der Waals surface area contributed by atoms with E-state index >= 15 is 0 Å². The first-order valence-corrected chi connectivity index (χ1v) is 5.96. The molecule has 2 aromatic rings.